The molecule has 54 heavy (non-hydrogen) atoms. The molecule has 0 spiro atoms. The Hall–Kier alpha value is -6.58. The van der Waals surface area contributed by atoms with Crippen LogP contribution in [0.25, 0.3) is 79.2 Å². The first-order valence-electron chi connectivity index (χ1n) is 18.8. The molecule has 0 saturated heterocycles. The van der Waals surface area contributed by atoms with Crippen molar-refractivity contribution in [1.29, 1.82) is 0 Å². The molecule has 0 bridgehead atoms. The Morgan fingerprint density at radius 3 is 1.65 bits per heavy atom. The largest absolute Gasteiger partial charge is 0.309 e. The van der Waals surface area contributed by atoms with Crippen molar-refractivity contribution in [2.45, 2.75) is 32.6 Å². The normalized spacial score (nSPS) is 14.4. The van der Waals surface area contributed by atoms with Gasteiger partial charge in [-0.15, -0.1) is 0 Å². The van der Waals surface area contributed by atoms with E-state index < -0.39 is 0 Å². The Morgan fingerprint density at radius 1 is 0.574 bits per heavy atom. The summed E-state index contributed by atoms with van der Waals surface area (Å²) < 4.78 is 2.41. The summed E-state index contributed by atoms with van der Waals surface area (Å²) in [6.45, 7) is 11.3. The van der Waals surface area contributed by atoms with Crippen molar-refractivity contribution in [2.24, 2.45) is 0 Å². The summed E-state index contributed by atoms with van der Waals surface area (Å²) in [6.07, 6.45) is 3.00. The highest BCUT2D eigenvalue weighted by Gasteiger charge is 2.38. The van der Waals surface area contributed by atoms with Crippen LogP contribution in [0.3, 0.4) is 0 Å². The van der Waals surface area contributed by atoms with E-state index in [0.717, 1.165) is 45.9 Å². The predicted octanol–water partition coefficient (Wildman–Crippen LogP) is 13.3. The van der Waals surface area contributed by atoms with Crippen molar-refractivity contribution in [2.75, 3.05) is 0 Å². The highest BCUT2D eigenvalue weighted by atomic mass is 15.0. The van der Waals surface area contributed by atoms with Gasteiger partial charge in [-0.25, -0.2) is 9.97 Å². The van der Waals surface area contributed by atoms with E-state index in [4.69, 9.17) is 9.97 Å². The van der Waals surface area contributed by atoms with Crippen LogP contribution in [0.15, 0.2) is 170 Å². The molecule has 6 aromatic carbocycles. The minimum absolute atomic E-state index is 0.134. The average molecular weight is 696 g/mol. The van der Waals surface area contributed by atoms with Crippen LogP contribution in [0.1, 0.15) is 42.7 Å². The van der Waals surface area contributed by atoms with Gasteiger partial charge in [-0.1, -0.05) is 166 Å². The van der Waals surface area contributed by atoms with Crippen LogP contribution in [0.4, 0.5) is 0 Å². The SMILES string of the molecule is C=Cc1c(C)c2c(n1-c1ccc(-c3cc(-c4ccc(-c5ccccc5)cc4)nc(-c4ccccc4)n3)cc1)-c1ccccc1C(C)(CC)c1ccccc1-2. The van der Waals surface area contributed by atoms with Crippen LogP contribution in [-0.2, 0) is 5.41 Å². The smallest absolute Gasteiger partial charge is 0.160 e. The number of aromatic nitrogens is 3. The molecule has 1 unspecified atom stereocenters. The minimum atomic E-state index is -0.134. The fourth-order valence-electron chi connectivity index (χ4n) is 8.39. The van der Waals surface area contributed by atoms with Crippen LogP contribution in [0.5, 0.6) is 0 Å². The van der Waals surface area contributed by atoms with Crippen LogP contribution in [0.2, 0.25) is 0 Å². The highest BCUT2D eigenvalue weighted by molar-refractivity contribution is 5.94. The molecule has 260 valence electrons. The lowest BCUT2D eigenvalue weighted by atomic mass is 9.72. The fraction of sp³-hybridized carbons (Fsp3) is 0.0980. The van der Waals surface area contributed by atoms with E-state index in [1.807, 2.05) is 30.3 Å². The second kappa shape index (κ2) is 13.4. The summed E-state index contributed by atoms with van der Waals surface area (Å²) in [7, 11) is 0. The van der Waals surface area contributed by atoms with E-state index in [1.54, 1.807) is 0 Å². The number of hydrogen-bond acceptors (Lipinski definition) is 2. The molecule has 1 aliphatic carbocycles. The molecule has 3 nitrogen and oxygen atoms in total. The molecular formula is C51H41N3. The van der Waals surface area contributed by atoms with Crippen LogP contribution in [0, 0.1) is 6.92 Å². The standard InChI is InChI=1S/C51H41N3/c1-5-47-34(3)48-41-21-13-15-23-43(41)51(4,6-2)44-24-16-14-22-42(44)49(48)54(47)40-31-29-38(30-32-40)46-33-45(52-50(53-46)39-19-11-8-12-20-39)37-27-25-36(26-28-37)35-17-9-7-10-18-35/h5,7-33H,1,6H2,2-4H3. The Kier molecular flexibility index (Phi) is 8.28. The average Bonchev–Trinajstić information content (AvgIpc) is 3.50. The second-order valence-electron chi connectivity index (χ2n) is 14.4. The Morgan fingerprint density at radius 2 is 1.06 bits per heavy atom. The van der Waals surface area contributed by atoms with Gasteiger partial charge in [-0.05, 0) is 71.0 Å². The molecule has 9 rings (SSSR count). The first kappa shape index (κ1) is 33.3. The summed E-state index contributed by atoms with van der Waals surface area (Å²) in [5.41, 5.74) is 18.2. The molecular weight excluding hydrogens is 655 g/mol. The van der Waals surface area contributed by atoms with Crippen LogP contribution < -0.4 is 0 Å². The van der Waals surface area contributed by atoms with Crippen LogP contribution in [-0.4, -0.2) is 14.5 Å². The summed E-state index contributed by atoms with van der Waals surface area (Å²) in [4.78, 5) is 10.2. The maximum absolute atomic E-state index is 5.13. The number of rotatable bonds is 7. The first-order valence-corrected chi connectivity index (χ1v) is 18.8. The third-order valence-electron chi connectivity index (χ3n) is 11.4. The molecule has 2 aromatic heterocycles. The molecule has 1 aliphatic rings. The number of nitrogens with zero attached hydrogens (tertiary/aromatic N) is 3. The van der Waals surface area contributed by atoms with Crippen molar-refractivity contribution in [3.05, 3.63) is 193 Å². The lowest BCUT2D eigenvalue weighted by molar-refractivity contribution is 0.554. The summed E-state index contributed by atoms with van der Waals surface area (Å²) >= 11 is 0. The molecule has 0 saturated carbocycles. The van der Waals surface area contributed by atoms with Crippen molar-refractivity contribution >= 4 is 6.08 Å². The van der Waals surface area contributed by atoms with Gasteiger partial charge in [-0.3, -0.25) is 0 Å². The Balaban J connectivity index is 1.19. The summed E-state index contributed by atoms with van der Waals surface area (Å²) in [5, 5.41) is 0. The third-order valence-corrected chi connectivity index (χ3v) is 11.4. The van der Waals surface area contributed by atoms with E-state index in [1.165, 1.54) is 50.2 Å². The van der Waals surface area contributed by atoms with Crippen molar-refractivity contribution < 1.29 is 0 Å². The van der Waals surface area contributed by atoms with Crippen LogP contribution >= 0.6 is 0 Å². The minimum Gasteiger partial charge on any atom is -0.309 e. The zero-order chi connectivity index (χ0) is 36.8. The summed E-state index contributed by atoms with van der Waals surface area (Å²) in [5.74, 6) is 0.703. The van der Waals surface area contributed by atoms with Gasteiger partial charge in [0.25, 0.3) is 0 Å². The second-order valence-corrected chi connectivity index (χ2v) is 14.4. The highest BCUT2D eigenvalue weighted by Crippen LogP contribution is 2.53. The first-order chi connectivity index (χ1) is 26.5. The van der Waals surface area contributed by atoms with E-state index in [0.29, 0.717) is 5.82 Å². The molecule has 8 aromatic rings. The number of fused-ring (bicyclic) bond motifs is 5. The molecule has 0 amide bonds. The molecule has 2 heterocycles. The topological polar surface area (TPSA) is 30.7 Å². The maximum Gasteiger partial charge on any atom is 0.160 e. The lowest BCUT2D eigenvalue weighted by Crippen LogP contribution is -2.23. The lowest BCUT2D eigenvalue weighted by Gasteiger charge is -2.32. The maximum atomic E-state index is 5.13. The van der Waals surface area contributed by atoms with Crippen molar-refractivity contribution in [1.82, 2.24) is 14.5 Å². The Labute approximate surface area is 318 Å². The van der Waals surface area contributed by atoms with Gasteiger partial charge in [0, 0.05) is 44.6 Å². The number of hydrogen-bond donors (Lipinski definition) is 0. The summed E-state index contributed by atoms with van der Waals surface area (Å²) in [6, 6.07) is 58.2. The van der Waals surface area contributed by atoms with Crippen molar-refractivity contribution in [3.63, 3.8) is 0 Å². The van der Waals surface area contributed by atoms with Crippen molar-refractivity contribution in [3.8, 4) is 73.1 Å². The monoisotopic (exact) mass is 695 g/mol. The molecule has 0 radical (unpaired) electrons. The number of benzene rings is 6. The molecule has 1 atom stereocenters. The van der Waals surface area contributed by atoms with Gasteiger partial charge in [0.1, 0.15) is 0 Å². The molecule has 0 aliphatic heterocycles. The third kappa shape index (κ3) is 5.43. The molecule has 0 fully saturated rings. The zero-order valence-electron chi connectivity index (χ0n) is 30.9. The zero-order valence-corrected chi connectivity index (χ0v) is 30.9. The van der Waals surface area contributed by atoms with Gasteiger partial charge in [-0.2, -0.15) is 0 Å². The van der Waals surface area contributed by atoms with E-state index in [-0.39, 0.29) is 5.41 Å². The van der Waals surface area contributed by atoms with Gasteiger partial charge < -0.3 is 4.57 Å². The van der Waals surface area contributed by atoms with E-state index in [2.05, 4.69) is 171 Å². The van der Waals surface area contributed by atoms with E-state index in [9.17, 15) is 0 Å². The molecule has 3 heteroatoms. The fourth-order valence-corrected chi connectivity index (χ4v) is 8.39. The van der Waals surface area contributed by atoms with Gasteiger partial charge in [0.15, 0.2) is 5.82 Å². The Bertz CT molecular complexity index is 2650. The van der Waals surface area contributed by atoms with Gasteiger partial charge in [0.2, 0.25) is 0 Å². The predicted molar refractivity (Wildman–Crippen MR) is 226 cm³/mol. The van der Waals surface area contributed by atoms with Gasteiger partial charge in [0.05, 0.1) is 17.1 Å². The molecule has 0 N–H and O–H groups in total. The van der Waals surface area contributed by atoms with E-state index >= 15 is 0 Å². The van der Waals surface area contributed by atoms with Gasteiger partial charge >= 0.3 is 0 Å². The quantitative estimate of drug-likeness (QED) is 0.166.